The Bertz CT molecular complexity index is 450. The van der Waals surface area contributed by atoms with Crippen molar-refractivity contribution in [1.82, 2.24) is 4.90 Å². The van der Waals surface area contributed by atoms with Gasteiger partial charge in [-0.3, -0.25) is 9.59 Å². The summed E-state index contributed by atoms with van der Waals surface area (Å²) < 4.78 is 13.2. The molecule has 0 saturated carbocycles. The van der Waals surface area contributed by atoms with Crippen molar-refractivity contribution < 1.29 is 14.0 Å². The highest BCUT2D eigenvalue weighted by Gasteiger charge is 2.22. The molecule has 4 heteroatoms. The summed E-state index contributed by atoms with van der Waals surface area (Å²) in [5, 5.41) is 0. The lowest BCUT2D eigenvalue weighted by Gasteiger charge is -2.25. The first-order valence-corrected chi connectivity index (χ1v) is 5.64. The van der Waals surface area contributed by atoms with Crippen LogP contribution < -0.4 is 0 Å². The molecule has 90 valence electrons. The van der Waals surface area contributed by atoms with E-state index in [0.717, 1.165) is 0 Å². The van der Waals surface area contributed by atoms with E-state index in [9.17, 15) is 14.0 Å². The first-order chi connectivity index (χ1) is 8.06. The molecule has 1 aliphatic rings. The predicted molar refractivity (Wildman–Crippen MR) is 61.3 cm³/mol. The summed E-state index contributed by atoms with van der Waals surface area (Å²) in [5.41, 5.74) is 1.02. The van der Waals surface area contributed by atoms with Gasteiger partial charge in [0.15, 0.2) is 5.78 Å². The number of likely N-dealkylation sites (tertiary alicyclic amines) is 1. The van der Waals surface area contributed by atoms with Gasteiger partial charge in [0.25, 0.3) is 5.91 Å². The number of rotatable bonds is 1. The molecule has 1 aliphatic heterocycles. The van der Waals surface area contributed by atoms with Crippen LogP contribution in [0, 0.1) is 12.7 Å². The topological polar surface area (TPSA) is 37.4 Å². The zero-order valence-electron chi connectivity index (χ0n) is 9.70. The summed E-state index contributed by atoms with van der Waals surface area (Å²) in [6.07, 6.45) is 1.23. The van der Waals surface area contributed by atoms with Crippen molar-refractivity contribution in [2.24, 2.45) is 0 Å². The van der Waals surface area contributed by atoms with Gasteiger partial charge in [-0.05, 0) is 37.1 Å². The third kappa shape index (κ3) is 2.70. The van der Waals surface area contributed by atoms with Crippen molar-refractivity contribution in [2.75, 3.05) is 13.1 Å². The van der Waals surface area contributed by atoms with E-state index in [1.54, 1.807) is 13.0 Å². The standard InChI is InChI=1S/C13H14FNO2/c1-9-5-10(7-11(14)6-9)13(17)15-4-2-3-12(16)8-15/h5-7H,2-4,8H2,1H3. The van der Waals surface area contributed by atoms with Crippen molar-refractivity contribution in [1.29, 1.82) is 0 Å². The van der Waals surface area contributed by atoms with Gasteiger partial charge in [0.05, 0.1) is 6.54 Å². The number of benzene rings is 1. The van der Waals surface area contributed by atoms with Crippen LogP contribution in [-0.4, -0.2) is 29.7 Å². The maximum Gasteiger partial charge on any atom is 0.254 e. The number of halogens is 1. The van der Waals surface area contributed by atoms with Crippen LogP contribution in [0.15, 0.2) is 18.2 Å². The number of Topliss-reactive ketones (excluding diaryl/α,β-unsaturated/α-hetero) is 1. The quantitative estimate of drug-likeness (QED) is 0.746. The van der Waals surface area contributed by atoms with Gasteiger partial charge >= 0.3 is 0 Å². The first kappa shape index (κ1) is 11.8. The first-order valence-electron chi connectivity index (χ1n) is 5.64. The normalized spacial score (nSPS) is 16.1. The number of piperidine rings is 1. The zero-order valence-corrected chi connectivity index (χ0v) is 9.70. The molecule has 1 aromatic carbocycles. The lowest BCUT2D eigenvalue weighted by Crippen LogP contribution is -2.40. The zero-order chi connectivity index (χ0) is 12.4. The summed E-state index contributed by atoms with van der Waals surface area (Å²) in [6, 6.07) is 4.23. The Hall–Kier alpha value is -1.71. The molecule has 0 atom stereocenters. The van der Waals surface area contributed by atoms with Gasteiger partial charge in [0, 0.05) is 18.5 Å². The Morgan fingerprint density at radius 1 is 1.35 bits per heavy atom. The van der Waals surface area contributed by atoms with E-state index in [2.05, 4.69) is 0 Å². The van der Waals surface area contributed by atoms with E-state index < -0.39 is 5.82 Å². The molecule has 3 nitrogen and oxygen atoms in total. The van der Waals surface area contributed by atoms with Crippen molar-refractivity contribution in [3.63, 3.8) is 0 Å². The molecular weight excluding hydrogens is 221 g/mol. The van der Waals surface area contributed by atoms with Crippen LogP contribution in [0.1, 0.15) is 28.8 Å². The number of carbonyl (C=O) groups is 2. The van der Waals surface area contributed by atoms with E-state index >= 15 is 0 Å². The Kier molecular flexibility index (Phi) is 3.22. The van der Waals surface area contributed by atoms with E-state index in [1.807, 2.05) is 0 Å². The van der Waals surface area contributed by atoms with Crippen LogP contribution in [0.25, 0.3) is 0 Å². The second kappa shape index (κ2) is 4.65. The second-order valence-corrected chi connectivity index (χ2v) is 4.39. The fourth-order valence-corrected chi connectivity index (χ4v) is 2.05. The van der Waals surface area contributed by atoms with Gasteiger partial charge in [-0.25, -0.2) is 4.39 Å². The molecule has 1 aromatic rings. The molecule has 0 aromatic heterocycles. The Morgan fingerprint density at radius 3 is 2.76 bits per heavy atom. The van der Waals surface area contributed by atoms with Crippen LogP contribution in [0.4, 0.5) is 4.39 Å². The molecule has 17 heavy (non-hydrogen) atoms. The number of ketones is 1. The van der Waals surface area contributed by atoms with E-state index in [1.165, 1.54) is 17.0 Å². The Labute approximate surface area is 99.2 Å². The minimum atomic E-state index is -0.420. The fourth-order valence-electron chi connectivity index (χ4n) is 2.05. The molecule has 0 spiro atoms. The van der Waals surface area contributed by atoms with Crippen LogP contribution in [0.2, 0.25) is 0 Å². The summed E-state index contributed by atoms with van der Waals surface area (Å²) in [4.78, 5) is 24.8. The highest BCUT2D eigenvalue weighted by molar-refractivity contribution is 5.97. The molecule has 1 heterocycles. The molecule has 0 N–H and O–H groups in total. The molecule has 0 unspecified atom stereocenters. The number of amides is 1. The Morgan fingerprint density at radius 2 is 2.12 bits per heavy atom. The van der Waals surface area contributed by atoms with Gasteiger partial charge in [-0.1, -0.05) is 0 Å². The Balaban J connectivity index is 2.21. The SMILES string of the molecule is Cc1cc(F)cc(C(=O)N2CCCC(=O)C2)c1. The van der Waals surface area contributed by atoms with Crippen molar-refractivity contribution in [3.8, 4) is 0 Å². The van der Waals surface area contributed by atoms with Gasteiger partial charge < -0.3 is 4.90 Å². The van der Waals surface area contributed by atoms with E-state index in [0.29, 0.717) is 30.5 Å². The monoisotopic (exact) mass is 235 g/mol. The third-order valence-corrected chi connectivity index (χ3v) is 2.83. The number of aryl methyl sites for hydroxylation is 1. The summed E-state index contributed by atoms with van der Waals surface area (Å²) in [6.45, 7) is 2.45. The largest absolute Gasteiger partial charge is 0.331 e. The summed E-state index contributed by atoms with van der Waals surface area (Å²) in [5.74, 6) is -0.616. The van der Waals surface area contributed by atoms with Gasteiger partial charge in [0.1, 0.15) is 5.82 Å². The average molecular weight is 235 g/mol. The molecule has 1 fully saturated rings. The number of carbonyl (C=O) groups excluding carboxylic acids is 2. The van der Waals surface area contributed by atoms with Crippen LogP contribution in [0.5, 0.6) is 0 Å². The van der Waals surface area contributed by atoms with Crippen LogP contribution >= 0.6 is 0 Å². The molecule has 2 rings (SSSR count). The molecule has 1 saturated heterocycles. The van der Waals surface area contributed by atoms with Crippen molar-refractivity contribution in [3.05, 3.63) is 35.1 Å². The summed E-state index contributed by atoms with van der Waals surface area (Å²) >= 11 is 0. The second-order valence-electron chi connectivity index (χ2n) is 4.39. The molecule has 0 radical (unpaired) electrons. The molecular formula is C13H14FNO2. The summed E-state index contributed by atoms with van der Waals surface area (Å²) in [7, 11) is 0. The third-order valence-electron chi connectivity index (χ3n) is 2.83. The van der Waals surface area contributed by atoms with Gasteiger partial charge in [-0.2, -0.15) is 0 Å². The van der Waals surface area contributed by atoms with Crippen molar-refractivity contribution in [2.45, 2.75) is 19.8 Å². The van der Waals surface area contributed by atoms with Crippen LogP contribution in [-0.2, 0) is 4.79 Å². The molecule has 1 amide bonds. The van der Waals surface area contributed by atoms with E-state index in [4.69, 9.17) is 0 Å². The number of hydrogen-bond donors (Lipinski definition) is 0. The van der Waals surface area contributed by atoms with Gasteiger partial charge in [-0.15, -0.1) is 0 Å². The number of nitrogens with zero attached hydrogens (tertiary/aromatic N) is 1. The minimum absolute atomic E-state index is 0.0673. The lowest BCUT2D eigenvalue weighted by molar-refractivity contribution is -0.121. The highest BCUT2D eigenvalue weighted by atomic mass is 19.1. The fraction of sp³-hybridized carbons (Fsp3) is 0.385. The number of hydrogen-bond acceptors (Lipinski definition) is 2. The molecule has 0 bridgehead atoms. The average Bonchev–Trinajstić information content (AvgIpc) is 2.26. The maximum atomic E-state index is 13.2. The lowest BCUT2D eigenvalue weighted by atomic mass is 10.1. The van der Waals surface area contributed by atoms with E-state index in [-0.39, 0.29) is 18.2 Å². The highest BCUT2D eigenvalue weighted by Crippen LogP contribution is 2.14. The molecule has 0 aliphatic carbocycles. The maximum absolute atomic E-state index is 13.2. The predicted octanol–water partition coefficient (Wildman–Crippen LogP) is 1.94. The minimum Gasteiger partial charge on any atom is -0.331 e. The smallest absolute Gasteiger partial charge is 0.254 e. The van der Waals surface area contributed by atoms with Crippen LogP contribution in [0.3, 0.4) is 0 Å². The van der Waals surface area contributed by atoms with Gasteiger partial charge in [0.2, 0.25) is 0 Å². The van der Waals surface area contributed by atoms with Crippen molar-refractivity contribution >= 4 is 11.7 Å².